The number of aliphatic hydroxyl groups excluding tert-OH is 3. The molecule has 35 heavy (non-hydrogen) atoms. The van der Waals surface area contributed by atoms with E-state index in [1.54, 1.807) is 0 Å². The lowest BCUT2D eigenvalue weighted by molar-refractivity contribution is -0.901. The Morgan fingerprint density at radius 1 is 0.400 bits per heavy atom. The highest BCUT2D eigenvalue weighted by Gasteiger charge is 2.30. The molecule has 4 aromatic rings. The number of quaternary nitrogens is 1. The maximum Gasteiger partial charge on any atom is 0.108 e. The van der Waals surface area contributed by atoms with Crippen LogP contribution in [0.25, 0.3) is 0 Å². The van der Waals surface area contributed by atoms with Gasteiger partial charge in [-0.05, 0) is 0 Å². The second-order valence-corrected chi connectivity index (χ2v) is 8.68. The van der Waals surface area contributed by atoms with E-state index < -0.39 is 6.15 Å². The van der Waals surface area contributed by atoms with Crippen LogP contribution < -0.4 is 26.8 Å². The fourth-order valence-corrected chi connectivity index (χ4v) is 4.97. The zero-order valence-electron chi connectivity index (χ0n) is 20.2. The Morgan fingerprint density at radius 2 is 0.629 bits per heavy atom. The fourth-order valence-electron chi connectivity index (χ4n) is 4.97. The summed E-state index contributed by atoms with van der Waals surface area (Å²) in [4.78, 5) is 1.03. The number of hydrogen-bond donors (Lipinski definition) is 4. The molecule has 4 rings (SSSR count). The molecule has 0 unspecified atom stereocenters. The fraction of sp³-hybridized carbons (Fsp3) is 0.200. The van der Waals surface area contributed by atoms with E-state index in [0.29, 0.717) is 19.6 Å². The second kappa shape index (κ2) is 14.2. The molecule has 5 heteroatoms. The van der Waals surface area contributed by atoms with E-state index in [0.717, 1.165) is 4.90 Å². The van der Waals surface area contributed by atoms with E-state index in [2.05, 4.69) is 121 Å². The van der Waals surface area contributed by atoms with Gasteiger partial charge in [0, 0.05) is 0 Å². The van der Waals surface area contributed by atoms with Crippen LogP contribution in [0.3, 0.4) is 0 Å². The van der Waals surface area contributed by atoms with Crippen LogP contribution in [0, 0.1) is 0 Å². The highest BCUT2D eigenvalue weighted by atomic mass is 16.3. The van der Waals surface area contributed by atoms with E-state index in [9.17, 15) is 0 Å². The van der Waals surface area contributed by atoms with Crippen LogP contribution in [0.2, 0.25) is 0 Å². The number of aliphatic hydroxyl groups is 3. The van der Waals surface area contributed by atoms with Gasteiger partial charge >= 0.3 is 0 Å². The maximum absolute atomic E-state index is 8.51. The van der Waals surface area contributed by atoms with E-state index in [4.69, 9.17) is 15.3 Å². The van der Waals surface area contributed by atoms with Crippen LogP contribution in [-0.4, -0.2) is 60.9 Å². The van der Waals surface area contributed by atoms with Gasteiger partial charge in [0.25, 0.3) is 0 Å². The molecule has 182 valence electrons. The molecule has 0 aliphatic rings. The highest BCUT2D eigenvalue weighted by Crippen LogP contribution is 2.09. The summed E-state index contributed by atoms with van der Waals surface area (Å²) in [6.45, 7) is 2.11. The van der Waals surface area contributed by atoms with Crippen molar-refractivity contribution in [1.82, 2.24) is 0 Å². The van der Waals surface area contributed by atoms with Gasteiger partial charge in [-0.25, -0.2) is 0 Å². The molecule has 0 radical (unpaired) electrons. The van der Waals surface area contributed by atoms with E-state index >= 15 is 0 Å². The van der Waals surface area contributed by atoms with Gasteiger partial charge in [0.15, 0.2) is 0 Å². The monoisotopic (exact) mass is 469 g/mol. The largest absolute Gasteiger partial charge is 0.391 e. The normalized spacial score (nSPS) is 11.1. The van der Waals surface area contributed by atoms with Crippen molar-refractivity contribution in [3.8, 4) is 0 Å². The van der Waals surface area contributed by atoms with Crippen LogP contribution in [0.15, 0.2) is 121 Å². The summed E-state index contributed by atoms with van der Waals surface area (Å²) in [5, 5.41) is 25.5. The molecule has 0 aromatic heterocycles. The summed E-state index contributed by atoms with van der Waals surface area (Å²) in [6.07, 6.45) is -1.22. The first-order chi connectivity index (χ1) is 17.3. The number of rotatable bonds is 10. The van der Waals surface area contributed by atoms with Gasteiger partial charge in [-0.15, -0.1) is 0 Å². The van der Waals surface area contributed by atoms with Crippen LogP contribution in [0.5, 0.6) is 0 Å². The van der Waals surface area contributed by atoms with Crippen molar-refractivity contribution in [3.05, 3.63) is 121 Å². The molecule has 0 heterocycles. The van der Waals surface area contributed by atoms with E-state index in [1.807, 2.05) is 0 Å². The molecule has 0 spiro atoms. The van der Waals surface area contributed by atoms with Crippen molar-refractivity contribution in [2.24, 2.45) is 0 Å². The quantitative estimate of drug-likeness (QED) is 0.246. The SMILES string of the molecule is OCC[NH+](CCO)CCO.c1ccc([B-](c2ccccc2)(c2ccccc2)c2ccccc2)cc1. The Morgan fingerprint density at radius 3 is 0.829 bits per heavy atom. The third-order valence-corrected chi connectivity index (χ3v) is 6.59. The molecular formula is C30H36BNO3. The topological polar surface area (TPSA) is 65.1 Å². The van der Waals surface area contributed by atoms with Crippen molar-refractivity contribution in [3.63, 3.8) is 0 Å². The molecule has 0 amide bonds. The van der Waals surface area contributed by atoms with Gasteiger partial charge in [0.2, 0.25) is 0 Å². The number of benzene rings is 4. The minimum absolute atomic E-state index is 0.106. The first-order valence-electron chi connectivity index (χ1n) is 12.3. The van der Waals surface area contributed by atoms with Gasteiger partial charge in [0.1, 0.15) is 25.8 Å². The average Bonchev–Trinajstić information content (AvgIpc) is 2.93. The van der Waals surface area contributed by atoms with Crippen LogP contribution in [0.1, 0.15) is 0 Å². The minimum Gasteiger partial charge on any atom is -0.391 e. The average molecular weight is 469 g/mol. The molecule has 4 aromatic carbocycles. The first kappa shape index (κ1) is 26.4. The third-order valence-electron chi connectivity index (χ3n) is 6.59. The molecule has 0 saturated heterocycles. The first-order valence-corrected chi connectivity index (χ1v) is 12.3. The summed E-state index contributed by atoms with van der Waals surface area (Å²) in [7, 11) is 0. The Bertz CT molecular complexity index is 902. The van der Waals surface area contributed by atoms with Crippen molar-refractivity contribution in [2.75, 3.05) is 39.5 Å². The van der Waals surface area contributed by atoms with Crippen molar-refractivity contribution in [2.45, 2.75) is 0 Å². The lowest BCUT2D eigenvalue weighted by Crippen LogP contribution is -3.13. The smallest absolute Gasteiger partial charge is 0.108 e. The van der Waals surface area contributed by atoms with Gasteiger partial charge in [0.05, 0.1) is 19.8 Å². The highest BCUT2D eigenvalue weighted by molar-refractivity contribution is 7.19. The Balaban J connectivity index is 0.000000292. The Labute approximate surface area is 209 Å². The van der Waals surface area contributed by atoms with Crippen LogP contribution in [-0.2, 0) is 0 Å². The Hall–Kier alpha value is -3.22. The van der Waals surface area contributed by atoms with Crippen molar-refractivity contribution < 1.29 is 20.2 Å². The summed E-state index contributed by atoms with van der Waals surface area (Å²) in [6, 6.07) is 43.5. The molecule has 0 aliphatic carbocycles. The Kier molecular flexibility index (Phi) is 10.7. The zero-order valence-corrected chi connectivity index (χ0v) is 20.2. The molecular weight excluding hydrogens is 433 g/mol. The molecule has 0 saturated carbocycles. The molecule has 0 atom stereocenters. The molecule has 0 fully saturated rings. The number of hydrogen-bond acceptors (Lipinski definition) is 3. The summed E-state index contributed by atoms with van der Waals surface area (Å²) < 4.78 is 0. The molecule has 0 bridgehead atoms. The molecule has 4 nitrogen and oxygen atoms in total. The van der Waals surface area contributed by atoms with Crippen LogP contribution >= 0.6 is 0 Å². The lowest BCUT2D eigenvalue weighted by Gasteiger charge is -2.44. The summed E-state index contributed by atoms with van der Waals surface area (Å²) >= 11 is 0. The summed E-state index contributed by atoms with van der Waals surface area (Å²) in [5.41, 5.74) is 5.36. The standard InChI is InChI=1S/C24H20B.C6H15NO3/c1-5-13-21(14-6-1)25(22-15-7-2-8-16-22,23-17-9-3-10-18-23)24-19-11-4-12-20-24;8-4-1-7(2-5-9)3-6-10/h1-20H;8-10H,1-6H2/q-1;/p+1. The molecule has 0 aliphatic heterocycles. The predicted molar refractivity (Wildman–Crippen MR) is 147 cm³/mol. The van der Waals surface area contributed by atoms with Crippen LogP contribution in [0.4, 0.5) is 0 Å². The van der Waals surface area contributed by atoms with Gasteiger partial charge < -0.3 is 20.2 Å². The summed E-state index contributed by atoms with van der Waals surface area (Å²) in [5.74, 6) is 0. The van der Waals surface area contributed by atoms with Crippen molar-refractivity contribution in [1.29, 1.82) is 0 Å². The van der Waals surface area contributed by atoms with E-state index in [-0.39, 0.29) is 19.8 Å². The lowest BCUT2D eigenvalue weighted by atomic mass is 9.13. The van der Waals surface area contributed by atoms with E-state index in [1.165, 1.54) is 21.9 Å². The van der Waals surface area contributed by atoms with Gasteiger partial charge in [-0.2, -0.15) is 21.9 Å². The predicted octanol–water partition coefficient (Wildman–Crippen LogP) is -0.0878. The molecule has 4 N–H and O–H groups in total. The van der Waals surface area contributed by atoms with Crippen molar-refractivity contribution >= 4 is 28.0 Å². The third kappa shape index (κ3) is 6.68. The zero-order chi connectivity index (χ0) is 24.8. The maximum atomic E-state index is 8.51. The van der Waals surface area contributed by atoms with Gasteiger partial charge in [-0.3, -0.25) is 0 Å². The number of nitrogens with one attached hydrogen (secondary N) is 1. The minimum atomic E-state index is -1.22. The van der Waals surface area contributed by atoms with Gasteiger partial charge in [-0.1, -0.05) is 121 Å². The second-order valence-electron chi connectivity index (χ2n) is 8.68.